The molecule has 3 aromatic rings. The summed E-state index contributed by atoms with van der Waals surface area (Å²) in [5.74, 6) is 0.749. The summed E-state index contributed by atoms with van der Waals surface area (Å²) >= 11 is 0. The predicted molar refractivity (Wildman–Crippen MR) is 124 cm³/mol. The van der Waals surface area contributed by atoms with E-state index in [2.05, 4.69) is 25.8 Å². The van der Waals surface area contributed by atoms with Gasteiger partial charge in [0.15, 0.2) is 0 Å². The minimum atomic E-state index is 0.258. The average molecular weight is 436 g/mol. The van der Waals surface area contributed by atoms with Crippen molar-refractivity contribution in [3.8, 4) is 11.8 Å². The van der Waals surface area contributed by atoms with Crippen LogP contribution in [-0.2, 0) is 17.7 Å². The number of nitrogens with zero attached hydrogens (tertiary/aromatic N) is 4. The van der Waals surface area contributed by atoms with Crippen molar-refractivity contribution in [2.75, 3.05) is 50.5 Å². The lowest BCUT2D eigenvalue weighted by Crippen LogP contribution is -2.32. The Labute approximate surface area is 187 Å². The highest BCUT2D eigenvalue weighted by Gasteiger charge is 2.24. The zero-order valence-corrected chi connectivity index (χ0v) is 18.3. The quantitative estimate of drug-likeness (QED) is 0.610. The second-order valence-electron chi connectivity index (χ2n) is 8.47. The van der Waals surface area contributed by atoms with Crippen LogP contribution in [0.1, 0.15) is 17.7 Å². The monoisotopic (exact) mass is 435 g/mol. The molecule has 5 rings (SSSR count). The van der Waals surface area contributed by atoms with Crippen LogP contribution in [0.2, 0.25) is 0 Å². The SMILES string of the molecule is COC1CCN(CCOc2nc(N)c3c(n2)CN(c2cc(O)cc4ccccc24)CC3)C1. The van der Waals surface area contributed by atoms with Crippen LogP contribution in [0.5, 0.6) is 11.8 Å². The zero-order valence-electron chi connectivity index (χ0n) is 18.3. The number of hydrogen-bond acceptors (Lipinski definition) is 8. The Morgan fingerprint density at radius 1 is 1.19 bits per heavy atom. The summed E-state index contributed by atoms with van der Waals surface area (Å²) in [4.78, 5) is 13.6. The van der Waals surface area contributed by atoms with Gasteiger partial charge in [-0.2, -0.15) is 9.97 Å². The topological polar surface area (TPSA) is 97.0 Å². The number of fused-ring (bicyclic) bond motifs is 2. The Morgan fingerprint density at radius 3 is 2.91 bits per heavy atom. The molecule has 168 valence electrons. The summed E-state index contributed by atoms with van der Waals surface area (Å²) in [7, 11) is 1.76. The smallest absolute Gasteiger partial charge is 0.318 e. The molecule has 3 heterocycles. The van der Waals surface area contributed by atoms with Gasteiger partial charge in [0.25, 0.3) is 0 Å². The number of benzene rings is 2. The molecule has 1 atom stereocenters. The van der Waals surface area contributed by atoms with Gasteiger partial charge in [0, 0.05) is 56.0 Å². The molecule has 8 nitrogen and oxygen atoms in total. The first-order valence-electron chi connectivity index (χ1n) is 11.1. The Balaban J connectivity index is 1.32. The van der Waals surface area contributed by atoms with Crippen molar-refractivity contribution in [1.29, 1.82) is 0 Å². The fourth-order valence-electron chi connectivity index (χ4n) is 4.70. The summed E-state index contributed by atoms with van der Waals surface area (Å²) in [6, 6.07) is 12.0. The minimum Gasteiger partial charge on any atom is -0.508 e. The molecule has 1 saturated heterocycles. The van der Waals surface area contributed by atoms with E-state index in [1.807, 2.05) is 24.3 Å². The Kier molecular flexibility index (Phi) is 5.71. The largest absolute Gasteiger partial charge is 0.508 e. The maximum Gasteiger partial charge on any atom is 0.318 e. The Bertz CT molecular complexity index is 1120. The Hall–Kier alpha value is -3.10. The van der Waals surface area contributed by atoms with Gasteiger partial charge >= 0.3 is 6.01 Å². The molecular formula is C24H29N5O3. The molecule has 0 bridgehead atoms. The van der Waals surface area contributed by atoms with E-state index in [-0.39, 0.29) is 5.75 Å². The first kappa shape index (κ1) is 20.8. The van der Waals surface area contributed by atoms with E-state index in [0.29, 0.717) is 31.1 Å². The van der Waals surface area contributed by atoms with Gasteiger partial charge in [0.05, 0.1) is 18.3 Å². The van der Waals surface area contributed by atoms with Crippen LogP contribution in [-0.4, -0.2) is 66.0 Å². The third-order valence-corrected chi connectivity index (χ3v) is 6.44. The highest BCUT2D eigenvalue weighted by Crippen LogP contribution is 2.35. The van der Waals surface area contributed by atoms with E-state index in [4.69, 9.17) is 15.2 Å². The van der Waals surface area contributed by atoms with Gasteiger partial charge in [0.1, 0.15) is 18.2 Å². The van der Waals surface area contributed by atoms with E-state index in [1.165, 1.54) is 0 Å². The Morgan fingerprint density at radius 2 is 2.06 bits per heavy atom. The number of hydrogen-bond donors (Lipinski definition) is 2. The van der Waals surface area contributed by atoms with Crippen LogP contribution in [0.3, 0.4) is 0 Å². The van der Waals surface area contributed by atoms with E-state index >= 15 is 0 Å². The highest BCUT2D eigenvalue weighted by molar-refractivity contribution is 5.95. The van der Waals surface area contributed by atoms with Crippen molar-refractivity contribution in [3.63, 3.8) is 0 Å². The highest BCUT2D eigenvalue weighted by atomic mass is 16.5. The first-order valence-corrected chi connectivity index (χ1v) is 11.1. The van der Waals surface area contributed by atoms with Gasteiger partial charge in [-0.1, -0.05) is 24.3 Å². The van der Waals surface area contributed by atoms with Gasteiger partial charge < -0.3 is 25.2 Å². The molecule has 8 heteroatoms. The maximum atomic E-state index is 10.2. The molecule has 1 aromatic heterocycles. The summed E-state index contributed by atoms with van der Waals surface area (Å²) in [5, 5.41) is 12.4. The molecule has 0 radical (unpaired) electrons. The number of methoxy groups -OCH3 is 1. The number of aromatic hydroxyl groups is 1. The van der Waals surface area contributed by atoms with Crippen LogP contribution >= 0.6 is 0 Å². The van der Waals surface area contributed by atoms with Crippen molar-refractivity contribution >= 4 is 22.3 Å². The van der Waals surface area contributed by atoms with Gasteiger partial charge in [-0.3, -0.25) is 4.90 Å². The molecule has 0 spiro atoms. The molecule has 1 fully saturated rings. The van der Waals surface area contributed by atoms with Crippen LogP contribution < -0.4 is 15.4 Å². The summed E-state index contributed by atoms with van der Waals surface area (Å²) in [6.07, 6.45) is 2.11. The van der Waals surface area contributed by atoms with Crippen molar-refractivity contribution < 1.29 is 14.6 Å². The van der Waals surface area contributed by atoms with E-state index < -0.39 is 0 Å². The predicted octanol–water partition coefficient (Wildman–Crippen LogP) is 2.58. The molecule has 0 saturated carbocycles. The molecule has 2 aliphatic rings. The van der Waals surface area contributed by atoms with Gasteiger partial charge in [-0.05, 0) is 24.3 Å². The average Bonchev–Trinajstić information content (AvgIpc) is 3.26. The van der Waals surface area contributed by atoms with Crippen molar-refractivity contribution in [2.45, 2.75) is 25.5 Å². The van der Waals surface area contributed by atoms with Gasteiger partial charge in [-0.25, -0.2) is 0 Å². The van der Waals surface area contributed by atoms with E-state index in [1.54, 1.807) is 13.2 Å². The number of anilines is 2. The van der Waals surface area contributed by atoms with Crippen molar-refractivity contribution in [3.05, 3.63) is 47.7 Å². The normalized spacial score (nSPS) is 18.8. The lowest BCUT2D eigenvalue weighted by Gasteiger charge is -2.31. The summed E-state index contributed by atoms with van der Waals surface area (Å²) in [5.41, 5.74) is 9.12. The third-order valence-electron chi connectivity index (χ3n) is 6.44. The van der Waals surface area contributed by atoms with Crippen LogP contribution in [0.25, 0.3) is 10.8 Å². The number of rotatable bonds is 6. The fraction of sp³-hybridized carbons (Fsp3) is 0.417. The maximum absolute atomic E-state index is 10.2. The zero-order chi connectivity index (χ0) is 22.1. The summed E-state index contributed by atoms with van der Waals surface area (Å²) < 4.78 is 11.3. The minimum absolute atomic E-state index is 0.258. The van der Waals surface area contributed by atoms with Crippen LogP contribution in [0.4, 0.5) is 11.5 Å². The first-order chi connectivity index (χ1) is 15.6. The van der Waals surface area contributed by atoms with E-state index in [0.717, 1.165) is 66.7 Å². The fourth-order valence-corrected chi connectivity index (χ4v) is 4.70. The van der Waals surface area contributed by atoms with E-state index in [9.17, 15) is 5.11 Å². The lowest BCUT2D eigenvalue weighted by atomic mass is 10.0. The molecular weight excluding hydrogens is 406 g/mol. The van der Waals surface area contributed by atoms with Crippen LogP contribution in [0, 0.1) is 0 Å². The van der Waals surface area contributed by atoms with Crippen molar-refractivity contribution in [2.24, 2.45) is 0 Å². The third kappa shape index (κ3) is 4.16. The second kappa shape index (κ2) is 8.80. The molecule has 1 unspecified atom stereocenters. The number of nitrogens with two attached hydrogens (primary N) is 1. The van der Waals surface area contributed by atoms with Crippen molar-refractivity contribution in [1.82, 2.24) is 14.9 Å². The molecule has 0 amide bonds. The molecule has 0 aliphatic carbocycles. The number of phenols is 1. The molecule has 2 aliphatic heterocycles. The number of phenolic OH excluding ortho intramolecular Hbond substituents is 1. The van der Waals surface area contributed by atoms with Crippen LogP contribution in [0.15, 0.2) is 36.4 Å². The molecule has 32 heavy (non-hydrogen) atoms. The molecule has 2 aromatic carbocycles. The van der Waals surface area contributed by atoms with Gasteiger partial charge in [-0.15, -0.1) is 0 Å². The number of likely N-dealkylation sites (tertiary alicyclic amines) is 1. The van der Waals surface area contributed by atoms with Gasteiger partial charge in [0.2, 0.25) is 0 Å². The molecule has 3 N–H and O–H groups in total. The number of aromatic nitrogens is 2. The number of ether oxygens (including phenoxy) is 2. The summed E-state index contributed by atoms with van der Waals surface area (Å²) in [6.45, 7) is 4.64. The second-order valence-corrected chi connectivity index (χ2v) is 8.47. The lowest BCUT2D eigenvalue weighted by molar-refractivity contribution is 0.105. The standard InChI is InChI=1S/C24H29N5O3/c1-31-18-6-8-28(14-18)10-11-32-24-26-21-15-29(9-7-20(21)23(25)27-24)22-13-17(30)12-16-4-2-3-5-19(16)22/h2-5,12-13,18,30H,6-11,14-15H2,1H3,(H2,25,26,27). The number of nitrogen functional groups attached to an aromatic ring is 1.